The maximum Gasteiger partial charge on any atom is 0.283 e. The van der Waals surface area contributed by atoms with Crippen molar-refractivity contribution in [1.29, 1.82) is 0 Å². The molecule has 2 aromatic carbocycles. The zero-order valence-corrected chi connectivity index (χ0v) is 19.3. The molecule has 0 saturated heterocycles. The molecular formula is C23H19ClN4O4S. The molecule has 168 valence electrons. The molecule has 1 aliphatic heterocycles. The van der Waals surface area contributed by atoms with Gasteiger partial charge >= 0.3 is 0 Å². The number of ether oxygens (including phenoxy) is 1. The number of carbonyl (C=O) groups is 3. The van der Waals surface area contributed by atoms with Gasteiger partial charge in [0.05, 0.1) is 18.0 Å². The molecule has 10 heteroatoms. The fourth-order valence-corrected chi connectivity index (χ4v) is 4.08. The monoisotopic (exact) mass is 482 g/mol. The summed E-state index contributed by atoms with van der Waals surface area (Å²) in [4.78, 5) is 43.4. The second-order valence-corrected chi connectivity index (χ2v) is 8.22. The van der Waals surface area contributed by atoms with Gasteiger partial charge in [0.25, 0.3) is 17.7 Å². The molecule has 8 nitrogen and oxygen atoms in total. The number of carbonyl (C=O) groups excluding carboxylic acids is 3. The Labute approximate surface area is 198 Å². The van der Waals surface area contributed by atoms with Crippen molar-refractivity contribution < 1.29 is 19.1 Å². The van der Waals surface area contributed by atoms with Gasteiger partial charge in [0.2, 0.25) is 0 Å². The van der Waals surface area contributed by atoms with Crippen molar-refractivity contribution in [2.24, 2.45) is 0 Å². The summed E-state index contributed by atoms with van der Waals surface area (Å²) in [5.41, 5.74) is 1.99. The molecule has 2 heterocycles. The van der Waals surface area contributed by atoms with E-state index in [1.807, 2.05) is 19.2 Å². The number of amides is 3. The molecule has 0 saturated carbocycles. The molecule has 4 rings (SSSR count). The molecular weight excluding hydrogens is 464 g/mol. The molecule has 0 fully saturated rings. The average Bonchev–Trinajstić information content (AvgIpc) is 3.30. The van der Waals surface area contributed by atoms with Crippen LogP contribution in [0.4, 0.5) is 16.5 Å². The lowest BCUT2D eigenvalue weighted by Crippen LogP contribution is -2.32. The Kier molecular flexibility index (Phi) is 6.43. The summed E-state index contributed by atoms with van der Waals surface area (Å²) in [5, 5.41) is 7.75. The van der Waals surface area contributed by atoms with Crippen LogP contribution in [0.3, 0.4) is 0 Å². The zero-order chi connectivity index (χ0) is 23.5. The smallest absolute Gasteiger partial charge is 0.283 e. The van der Waals surface area contributed by atoms with Gasteiger partial charge in [-0.3, -0.25) is 19.7 Å². The quantitative estimate of drug-likeness (QED) is 0.479. The Morgan fingerprint density at radius 2 is 1.85 bits per heavy atom. The standard InChI is InChI=1S/C23H19ClN4O4S/c1-3-32-17-7-5-4-6-16(17)28-21(30)18(24)19(22(28)31)26-15-10-8-14(9-11-15)20(29)27-23-25-13(2)12-33-23/h4-12,26H,3H2,1-2H3,(H,25,27,29). The fraction of sp³-hybridized carbons (Fsp3) is 0.130. The molecule has 0 bridgehead atoms. The first-order valence-corrected chi connectivity index (χ1v) is 11.3. The van der Waals surface area contributed by atoms with Gasteiger partial charge < -0.3 is 10.1 Å². The van der Waals surface area contributed by atoms with Gasteiger partial charge in [0, 0.05) is 16.6 Å². The Balaban J connectivity index is 1.50. The van der Waals surface area contributed by atoms with Crippen LogP contribution < -0.4 is 20.3 Å². The van der Waals surface area contributed by atoms with Crippen LogP contribution in [0.2, 0.25) is 0 Å². The molecule has 3 amide bonds. The van der Waals surface area contributed by atoms with E-state index in [9.17, 15) is 14.4 Å². The van der Waals surface area contributed by atoms with Crippen molar-refractivity contribution in [2.75, 3.05) is 22.1 Å². The summed E-state index contributed by atoms with van der Waals surface area (Å²) in [5.74, 6) is -1.15. The maximum atomic E-state index is 13.0. The van der Waals surface area contributed by atoms with Crippen molar-refractivity contribution >= 4 is 57.2 Å². The predicted octanol–water partition coefficient (Wildman–Crippen LogP) is 4.54. The normalized spacial score (nSPS) is 13.5. The summed E-state index contributed by atoms with van der Waals surface area (Å²) in [6.07, 6.45) is 0. The van der Waals surface area contributed by atoms with E-state index in [2.05, 4.69) is 15.6 Å². The first-order chi connectivity index (χ1) is 15.9. The molecule has 33 heavy (non-hydrogen) atoms. The van der Waals surface area contributed by atoms with E-state index in [1.54, 1.807) is 48.5 Å². The number of nitrogens with zero attached hydrogens (tertiary/aromatic N) is 2. The van der Waals surface area contributed by atoms with Crippen LogP contribution in [0.15, 0.2) is 64.6 Å². The highest BCUT2D eigenvalue weighted by atomic mass is 35.5. The third kappa shape index (κ3) is 4.59. The van der Waals surface area contributed by atoms with Crippen LogP contribution in [-0.2, 0) is 9.59 Å². The molecule has 2 N–H and O–H groups in total. The number of aryl methyl sites for hydroxylation is 1. The number of halogens is 1. The first kappa shape index (κ1) is 22.5. The molecule has 0 spiro atoms. The van der Waals surface area contributed by atoms with Crippen LogP contribution in [0.5, 0.6) is 5.75 Å². The van der Waals surface area contributed by atoms with Gasteiger partial charge in [-0.15, -0.1) is 11.3 Å². The lowest BCUT2D eigenvalue weighted by atomic mass is 10.2. The number of anilines is 3. The minimum Gasteiger partial charge on any atom is -0.492 e. The lowest BCUT2D eigenvalue weighted by molar-refractivity contribution is -0.120. The first-order valence-electron chi connectivity index (χ1n) is 10.00. The summed E-state index contributed by atoms with van der Waals surface area (Å²) >= 11 is 7.56. The van der Waals surface area contributed by atoms with E-state index in [4.69, 9.17) is 16.3 Å². The van der Waals surface area contributed by atoms with Crippen molar-refractivity contribution in [2.45, 2.75) is 13.8 Å². The van der Waals surface area contributed by atoms with Gasteiger partial charge in [-0.25, -0.2) is 9.88 Å². The Hall–Kier alpha value is -3.69. The zero-order valence-electron chi connectivity index (χ0n) is 17.7. The van der Waals surface area contributed by atoms with Crippen molar-refractivity contribution in [3.8, 4) is 5.75 Å². The topological polar surface area (TPSA) is 101 Å². The minimum atomic E-state index is -0.647. The number of benzene rings is 2. The van der Waals surface area contributed by atoms with Crippen molar-refractivity contribution in [3.05, 3.63) is 75.9 Å². The van der Waals surface area contributed by atoms with E-state index in [0.29, 0.717) is 34.4 Å². The molecule has 0 aliphatic carbocycles. The summed E-state index contributed by atoms with van der Waals surface area (Å²) in [7, 11) is 0. The molecule has 0 unspecified atom stereocenters. The van der Waals surface area contributed by atoms with Gasteiger partial charge in [0.1, 0.15) is 16.5 Å². The summed E-state index contributed by atoms with van der Waals surface area (Å²) in [6, 6.07) is 13.2. The van der Waals surface area contributed by atoms with Crippen molar-refractivity contribution in [1.82, 2.24) is 4.98 Å². The van der Waals surface area contributed by atoms with Crippen LogP contribution in [-0.4, -0.2) is 29.3 Å². The van der Waals surface area contributed by atoms with Gasteiger partial charge in [-0.2, -0.15) is 0 Å². The fourth-order valence-electron chi connectivity index (χ4n) is 3.18. The highest BCUT2D eigenvalue weighted by Gasteiger charge is 2.40. The van der Waals surface area contributed by atoms with E-state index in [0.717, 1.165) is 10.6 Å². The molecule has 1 aromatic heterocycles. The number of hydrogen-bond donors (Lipinski definition) is 2. The Morgan fingerprint density at radius 1 is 1.12 bits per heavy atom. The highest BCUT2D eigenvalue weighted by Crippen LogP contribution is 2.35. The maximum absolute atomic E-state index is 13.0. The highest BCUT2D eigenvalue weighted by molar-refractivity contribution is 7.13. The summed E-state index contributed by atoms with van der Waals surface area (Å²) < 4.78 is 5.54. The molecule has 3 aromatic rings. The van der Waals surface area contributed by atoms with Gasteiger partial charge in [0.15, 0.2) is 5.13 Å². The number of thiazole rings is 1. The third-order valence-corrected chi connectivity index (χ3v) is 5.92. The number of para-hydroxylation sites is 2. The van der Waals surface area contributed by atoms with E-state index < -0.39 is 11.8 Å². The van der Waals surface area contributed by atoms with E-state index >= 15 is 0 Å². The van der Waals surface area contributed by atoms with Gasteiger partial charge in [-0.05, 0) is 50.2 Å². The number of rotatable bonds is 7. The predicted molar refractivity (Wildman–Crippen MR) is 128 cm³/mol. The number of aromatic nitrogens is 1. The Morgan fingerprint density at radius 3 is 2.52 bits per heavy atom. The van der Waals surface area contributed by atoms with Gasteiger partial charge in [-0.1, -0.05) is 23.7 Å². The number of imide groups is 1. The Bertz CT molecular complexity index is 1270. The largest absolute Gasteiger partial charge is 0.492 e. The van der Waals surface area contributed by atoms with E-state index in [-0.39, 0.29) is 16.6 Å². The summed E-state index contributed by atoms with van der Waals surface area (Å²) in [6.45, 7) is 4.03. The van der Waals surface area contributed by atoms with Crippen LogP contribution >= 0.6 is 22.9 Å². The molecule has 0 atom stereocenters. The van der Waals surface area contributed by atoms with Crippen molar-refractivity contribution in [3.63, 3.8) is 0 Å². The minimum absolute atomic E-state index is 0.0524. The average molecular weight is 483 g/mol. The van der Waals surface area contributed by atoms with Crippen LogP contribution in [0.25, 0.3) is 0 Å². The molecule has 1 aliphatic rings. The second kappa shape index (κ2) is 9.43. The number of nitrogens with one attached hydrogen (secondary N) is 2. The SMILES string of the molecule is CCOc1ccccc1N1C(=O)C(Cl)=C(Nc2ccc(C(=O)Nc3nc(C)cs3)cc2)C1=O. The van der Waals surface area contributed by atoms with E-state index in [1.165, 1.54) is 11.3 Å². The lowest BCUT2D eigenvalue weighted by Gasteiger charge is -2.18. The third-order valence-electron chi connectivity index (χ3n) is 4.69. The number of hydrogen-bond acceptors (Lipinski definition) is 7. The molecule has 0 radical (unpaired) electrons. The van der Waals surface area contributed by atoms with Crippen LogP contribution in [0, 0.1) is 6.92 Å². The second-order valence-electron chi connectivity index (χ2n) is 6.99. The van der Waals surface area contributed by atoms with Crippen LogP contribution in [0.1, 0.15) is 23.0 Å².